The fourth-order valence-electron chi connectivity index (χ4n) is 5.50. The minimum absolute atomic E-state index is 0.0857. The molecule has 0 fully saturated rings. The van der Waals surface area contributed by atoms with Gasteiger partial charge < -0.3 is 15.3 Å². The van der Waals surface area contributed by atoms with Crippen molar-refractivity contribution in [2.75, 3.05) is 31.1 Å². The Kier molecular flexibility index (Phi) is 8.74. The van der Waals surface area contributed by atoms with Gasteiger partial charge in [-0.3, -0.25) is 14.5 Å². The fourth-order valence-corrected chi connectivity index (χ4v) is 5.50. The van der Waals surface area contributed by atoms with E-state index >= 15 is 0 Å². The van der Waals surface area contributed by atoms with E-state index in [2.05, 4.69) is 29.6 Å². The van der Waals surface area contributed by atoms with Crippen LogP contribution in [0.4, 0.5) is 10.5 Å². The molecule has 1 aliphatic rings. The van der Waals surface area contributed by atoms with E-state index in [0.29, 0.717) is 42.9 Å². The Bertz CT molecular complexity index is 1450. The van der Waals surface area contributed by atoms with Gasteiger partial charge >= 0.3 is 6.09 Å². The van der Waals surface area contributed by atoms with E-state index in [0.717, 1.165) is 12.0 Å². The number of nitrogens with zero attached hydrogens (tertiary/aromatic N) is 2. The normalized spacial score (nSPS) is 12.2. The fraction of sp³-hybridized carbons (Fsp3) is 0.206. The molecule has 3 amide bonds. The van der Waals surface area contributed by atoms with Gasteiger partial charge in [0.2, 0.25) is 0 Å². The van der Waals surface area contributed by atoms with E-state index in [1.165, 1.54) is 16.0 Å². The van der Waals surface area contributed by atoms with Crippen LogP contribution in [0.15, 0.2) is 109 Å². The molecular weight excluding hydrogens is 514 g/mol. The molecule has 1 heterocycles. The summed E-state index contributed by atoms with van der Waals surface area (Å²) in [6.45, 7) is 1.45. The lowest BCUT2D eigenvalue weighted by Crippen LogP contribution is -2.39. The Hall–Kier alpha value is -4.91. The topological polar surface area (TPSA) is 90.0 Å². The van der Waals surface area contributed by atoms with Crippen LogP contribution in [-0.4, -0.2) is 54.1 Å². The molecule has 7 heteroatoms. The minimum atomic E-state index is -1.03. The molecule has 7 nitrogen and oxygen atoms in total. The number of hydrogen-bond acceptors (Lipinski definition) is 3. The van der Waals surface area contributed by atoms with Gasteiger partial charge in [0.25, 0.3) is 11.8 Å². The number of fused-ring (bicyclic) bond motifs is 1. The number of amides is 3. The summed E-state index contributed by atoms with van der Waals surface area (Å²) in [5.41, 5.74) is 4.74. The molecule has 0 spiro atoms. The summed E-state index contributed by atoms with van der Waals surface area (Å²) in [4.78, 5) is 41.4. The van der Waals surface area contributed by atoms with E-state index in [4.69, 9.17) is 0 Å². The van der Waals surface area contributed by atoms with Gasteiger partial charge in [-0.15, -0.1) is 0 Å². The molecule has 208 valence electrons. The Morgan fingerprint density at radius 2 is 1.39 bits per heavy atom. The van der Waals surface area contributed by atoms with Crippen LogP contribution >= 0.6 is 0 Å². The van der Waals surface area contributed by atoms with Crippen molar-refractivity contribution >= 4 is 23.6 Å². The number of nitrogens with one attached hydrogen (secondary N) is 1. The average Bonchev–Trinajstić information content (AvgIpc) is 3.46. The van der Waals surface area contributed by atoms with Crippen LogP contribution in [0.2, 0.25) is 0 Å². The third kappa shape index (κ3) is 6.47. The van der Waals surface area contributed by atoms with Crippen molar-refractivity contribution in [3.05, 3.63) is 137 Å². The van der Waals surface area contributed by atoms with Gasteiger partial charge in [0.1, 0.15) is 0 Å². The standard InChI is InChI=1S/C34H33N3O4/c38-32(30-17-10-18-31-29(30)20-23-37(31)34(40)41)35-21-24-36(33(39)27-15-8-3-9-16-27)22-19-28(25-11-4-1-5-12-25)26-13-6-2-7-14-26/h1-18,28H,19-24H2,(H,35,38)(H,40,41). The first-order valence-corrected chi connectivity index (χ1v) is 13.9. The van der Waals surface area contributed by atoms with Gasteiger partial charge in [-0.05, 0) is 53.8 Å². The highest BCUT2D eigenvalue weighted by Gasteiger charge is 2.28. The number of carbonyl (C=O) groups is 3. The summed E-state index contributed by atoms with van der Waals surface area (Å²) in [6.07, 6.45) is 0.183. The van der Waals surface area contributed by atoms with Crippen LogP contribution in [0.5, 0.6) is 0 Å². The van der Waals surface area contributed by atoms with E-state index < -0.39 is 6.09 Å². The summed E-state index contributed by atoms with van der Waals surface area (Å²) in [7, 11) is 0. The molecule has 0 aliphatic carbocycles. The zero-order valence-electron chi connectivity index (χ0n) is 22.8. The number of anilines is 1. The number of carbonyl (C=O) groups excluding carboxylic acids is 2. The van der Waals surface area contributed by atoms with Crippen LogP contribution in [0.3, 0.4) is 0 Å². The highest BCUT2D eigenvalue weighted by Crippen LogP contribution is 2.31. The molecule has 0 unspecified atom stereocenters. The summed E-state index contributed by atoms with van der Waals surface area (Å²) < 4.78 is 0. The lowest BCUT2D eigenvalue weighted by molar-refractivity contribution is 0.0745. The molecule has 41 heavy (non-hydrogen) atoms. The molecule has 2 N–H and O–H groups in total. The van der Waals surface area contributed by atoms with E-state index in [-0.39, 0.29) is 24.3 Å². The van der Waals surface area contributed by atoms with Crippen molar-refractivity contribution in [3.63, 3.8) is 0 Å². The van der Waals surface area contributed by atoms with Crippen molar-refractivity contribution in [3.8, 4) is 0 Å². The summed E-state index contributed by atoms with van der Waals surface area (Å²) >= 11 is 0. The van der Waals surface area contributed by atoms with Crippen molar-refractivity contribution in [1.82, 2.24) is 10.2 Å². The van der Waals surface area contributed by atoms with Crippen LogP contribution in [0.1, 0.15) is 49.7 Å². The molecule has 0 aromatic heterocycles. The SMILES string of the molecule is O=C(NCCN(CCC(c1ccccc1)c1ccccc1)C(=O)c1ccccc1)c1cccc2c1CCN2C(=O)O. The molecule has 0 atom stereocenters. The Labute approximate surface area is 240 Å². The highest BCUT2D eigenvalue weighted by atomic mass is 16.4. The van der Waals surface area contributed by atoms with Gasteiger partial charge in [0.15, 0.2) is 0 Å². The van der Waals surface area contributed by atoms with Crippen LogP contribution in [0.25, 0.3) is 0 Å². The largest absolute Gasteiger partial charge is 0.465 e. The molecule has 4 aromatic rings. The Morgan fingerprint density at radius 3 is 2.00 bits per heavy atom. The van der Waals surface area contributed by atoms with Crippen molar-refractivity contribution < 1.29 is 19.5 Å². The molecule has 0 radical (unpaired) electrons. The maximum atomic E-state index is 13.6. The first-order chi connectivity index (χ1) is 20.0. The molecule has 0 bridgehead atoms. The van der Waals surface area contributed by atoms with Gasteiger partial charge in [-0.2, -0.15) is 0 Å². The summed E-state index contributed by atoms with van der Waals surface area (Å²) in [6, 6.07) is 34.9. The van der Waals surface area contributed by atoms with Gasteiger partial charge in [-0.25, -0.2) is 4.79 Å². The van der Waals surface area contributed by atoms with Crippen LogP contribution in [0, 0.1) is 0 Å². The first-order valence-electron chi connectivity index (χ1n) is 13.9. The van der Waals surface area contributed by atoms with Crippen LogP contribution < -0.4 is 10.2 Å². The highest BCUT2D eigenvalue weighted by molar-refractivity contribution is 6.00. The maximum absolute atomic E-state index is 13.6. The molecule has 4 aromatic carbocycles. The van der Waals surface area contributed by atoms with E-state index in [9.17, 15) is 19.5 Å². The van der Waals surface area contributed by atoms with E-state index in [1.807, 2.05) is 54.6 Å². The number of rotatable bonds is 10. The molecule has 1 aliphatic heterocycles. The predicted molar refractivity (Wildman–Crippen MR) is 160 cm³/mol. The Balaban J connectivity index is 1.31. The van der Waals surface area contributed by atoms with E-state index in [1.54, 1.807) is 35.2 Å². The zero-order chi connectivity index (χ0) is 28.6. The number of benzene rings is 4. The average molecular weight is 548 g/mol. The molecule has 0 saturated heterocycles. The molecule has 0 saturated carbocycles. The van der Waals surface area contributed by atoms with Crippen molar-refractivity contribution in [2.24, 2.45) is 0 Å². The summed E-state index contributed by atoms with van der Waals surface area (Å²) in [5.74, 6) is -0.243. The second kappa shape index (κ2) is 13.0. The predicted octanol–water partition coefficient (Wildman–Crippen LogP) is 5.82. The van der Waals surface area contributed by atoms with Gasteiger partial charge in [-0.1, -0.05) is 84.9 Å². The minimum Gasteiger partial charge on any atom is -0.465 e. The first kappa shape index (κ1) is 27.6. The Morgan fingerprint density at radius 1 is 0.780 bits per heavy atom. The monoisotopic (exact) mass is 547 g/mol. The van der Waals surface area contributed by atoms with Crippen molar-refractivity contribution in [2.45, 2.75) is 18.8 Å². The van der Waals surface area contributed by atoms with Crippen LogP contribution in [-0.2, 0) is 6.42 Å². The maximum Gasteiger partial charge on any atom is 0.411 e. The quantitative estimate of drug-likeness (QED) is 0.262. The summed E-state index contributed by atoms with van der Waals surface area (Å²) in [5, 5.41) is 12.4. The lowest BCUT2D eigenvalue weighted by atomic mass is 9.88. The van der Waals surface area contributed by atoms with Crippen molar-refractivity contribution in [1.29, 1.82) is 0 Å². The third-order valence-corrected chi connectivity index (χ3v) is 7.57. The smallest absolute Gasteiger partial charge is 0.411 e. The van der Waals surface area contributed by atoms with Gasteiger partial charge in [0.05, 0.1) is 5.69 Å². The second-order valence-corrected chi connectivity index (χ2v) is 10.1. The number of carboxylic acid groups (broad SMARTS) is 1. The zero-order valence-corrected chi connectivity index (χ0v) is 22.8. The molecular formula is C34H33N3O4. The lowest BCUT2D eigenvalue weighted by Gasteiger charge is -2.26. The number of hydrogen-bond donors (Lipinski definition) is 2. The van der Waals surface area contributed by atoms with Gasteiger partial charge in [0, 0.05) is 43.2 Å². The second-order valence-electron chi connectivity index (χ2n) is 10.1. The molecule has 5 rings (SSSR count). The third-order valence-electron chi connectivity index (χ3n) is 7.57.